The summed E-state index contributed by atoms with van der Waals surface area (Å²) in [6.45, 7) is 0. The van der Waals surface area contributed by atoms with Crippen molar-refractivity contribution in [1.82, 2.24) is 4.98 Å². The molecule has 0 bridgehead atoms. The van der Waals surface area contributed by atoms with Crippen molar-refractivity contribution in [2.24, 2.45) is 0 Å². The summed E-state index contributed by atoms with van der Waals surface area (Å²) in [6.07, 6.45) is 9.38. The van der Waals surface area contributed by atoms with Crippen LogP contribution in [0.2, 0.25) is 0 Å². The Hall–Kier alpha value is -1.34. The lowest BCUT2D eigenvalue weighted by atomic mass is 9.91. The number of hydrogen-bond donors (Lipinski definition) is 0. The summed E-state index contributed by atoms with van der Waals surface area (Å²) in [6, 6.07) is 8.46. The van der Waals surface area contributed by atoms with Crippen LogP contribution in [-0.4, -0.2) is 10.4 Å². The third-order valence-corrected chi connectivity index (χ3v) is 3.68. The molecule has 86 valence electrons. The maximum atomic E-state index is 6.22. The topological polar surface area (TPSA) is 12.9 Å². The van der Waals surface area contributed by atoms with Gasteiger partial charge in [0.05, 0.1) is 5.38 Å². The molecule has 0 aliphatic heterocycles. The van der Waals surface area contributed by atoms with Crippen LogP contribution >= 0.6 is 11.6 Å². The van der Waals surface area contributed by atoms with Crippen molar-refractivity contribution in [3.63, 3.8) is 0 Å². The van der Waals surface area contributed by atoms with Crippen LogP contribution in [0.3, 0.4) is 0 Å². The Morgan fingerprint density at radius 3 is 3.06 bits per heavy atom. The van der Waals surface area contributed by atoms with Crippen LogP contribution in [0.1, 0.15) is 24.8 Å². The Balaban J connectivity index is 2.17. The maximum absolute atomic E-state index is 6.22. The fourth-order valence-electron chi connectivity index (χ4n) is 2.49. The Labute approximate surface area is 106 Å². The molecule has 1 heterocycles. The molecule has 0 spiro atoms. The van der Waals surface area contributed by atoms with Crippen LogP contribution in [0.5, 0.6) is 0 Å². The minimum Gasteiger partial charge on any atom is -0.264 e. The highest BCUT2D eigenvalue weighted by atomic mass is 35.5. The predicted molar refractivity (Wildman–Crippen MR) is 73.2 cm³/mol. The highest BCUT2D eigenvalue weighted by Crippen LogP contribution is 2.32. The van der Waals surface area contributed by atoms with Gasteiger partial charge in [0.25, 0.3) is 0 Å². The van der Waals surface area contributed by atoms with E-state index in [-0.39, 0.29) is 5.38 Å². The van der Waals surface area contributed by atoms with Crippen molar-refractivity contribution in [3.8, 4) is 0 Å². The van der Waals surface area contributed by atoms with Gasteiger partial charge in [-0.15, -0.1) is 11.6 Å². The molecular weight excluding hydrogens is 230 g/mol. The molecule has 1 aliphatic rings. The molecule has 0 N–H and O–H groups in total. The van der Waals surface area contributed by atoms with Gasteiger partial charge < -0.3 is 0 Å². The molecule has 0 fully saturated rings. The predicted octanol–water partition coefficient (Wildman–Crippen LogP) is 4.41. The van der Waals surface area contributed by atoms with Crippen LogP contribution in [0.4, 0.5) is 0 Å². The van der Waals surface area contributed by atoms with Gasteiger partial charge in [-0.05, 0) is 41.9 Å². The van der Waals surface area contributed by atoms with Crippen LogP contribution in [-0.2, 0) is 0 Å². The average Bonchev–Trinajstić information content (AvgIpc) is 2.38. The maximum Gasteiger partial charge on any atom is 0.0522 e. The molecule has 2 aromatic rings. The number of aromatic nitrogens is 1. The fourth-order valence-corrected chi connectivity index (χ4v) is 2.80. The minimum absolute atomic E-state index is 0.186. The summed E-state index contributed by atoms with van der Waals surface area (Å²) in [7, 11) is 0. The Bertz CT molecular complexity index is 569. The summed E-state index contributed by atoms with van der Waals surface area (Å²) in [5.41, 5.74) is 2.66. The van der Waals surface area contributed by atoms with Crippen molar-refractivity contribution in [2.45, 2.75) is 24.6 Å². The van der Waals surface area contributed by atoms with E-state index in [1.54, 1.807) is 0 Å². The van der Waals surface area contributed by atoms with E-state index in [1.165, 1.54) is 28.3 Å². The summed E-state index contributed by atoms with van der Waals surface area (Å²) in [4.78, 5) is 4.23. The van der Waals surface area contributed by atoms with Gasteiger partial charge in [-0.3, -0.25) is 4.98 Å². The summed E-state index contributed by atoms with van der Waals surface area (Å²) in [5, 5.41) is 2.66. The van der Waals surface area contributed by atoms with Crippen molar-refractivity contribution in [1.29, 1.82) is 0 Å². The van der Waals surface area contributed by atoms with Crippen LogP contribution in [0.15, 0.2) is 42.7 Å². The van der Waals surface area contributed by atoms with E-state index >= 15 is 0 Å². The first-order valence-corrected chi connectivity index (χ1v) is 6.46. The molecule has 1 atom stereocenters. The standard InChI is InChI=1S/C15H14ClN/c16-13-5-1-4-12(9-13)14-6-2-3-11-7-8-17-10-15(11)14/h2-3,6-10,13H,1,4-5H2. The van der Waals surface area contributed by atoms with Crippen LogP contribution in [0.25, 0.3) is 16.3 Å². The number of pyridine rings is 1. The van der Waals surface area contributed by atoms with Gasteiger partial charge in [-0.1, -0.05) is 24.3 Å². The fraction of sp³-hybridized carbons (Fsp3) is 0.267. The number of fused-ring (bicyclic) bond motifs is 1. The molecule has 1 unspecified atom stereocenters. The number of alkyl halides is 1. The number of hydrogen-bond acceptors (Lipinski definition) is 1. The van der Waals surface area contributed by atoms with Gasteiger partial charge in [0.15, 0.2) is 0 Å². The van der Waals surface area contributed by atoms with Gasteiger partial charge in [-0.25, -0.2) is 0 Å². The Morgan fingerprint density at radius 2 is 2.18 bits per heavy atom. The van der Waals surface area contributed by atoms with Crippen molar-refractivity contribution >= 4 is 27.9 Å². The first kappa shape index (κ1) is 10.8. The molecule has 0 saturated heterocycles. The highest BCUT2D eigenvalue weighted by molar-refractivity contribution is 6.22. The summed E-state index contributed by atoms with van der Waals surface area (Å²) in [5.74, 6) is 0. The minimum atomic E-state index is 0.186. The second kappa shape index (κ2) is 4.50. The monoisotopic (exact) mass is 243 g/mol. The van der Waals surface area contributed by atoms with E-state index in [0.717, 1.165) is 12.8 Å². The summed E-state index contributed by atoms with van der Waals surface area (Å²) >= 11 is 6.22. The normalized spacial score (nSPS) is 20.3. The quantitative estimate of drug-likeness (QED) is 0.676. The molecule has 0 saturated carbocycles. The van der Waals surface area contributed by atoms with Crippen LogP contribution < -0.4 is 0 Å². The van der Waals surface area contributed by atoms with Gasteiger partial charge in [0.1, 0.15) is 0 Å². The lowest BCUT2D eigenvalue weighted by Gasteiger charge is -2.18. The molecule has 3 rings (SSSR count). The molecular formula is C15H14ClN. The van der Waals surface area contributed by atoms with E-state index in [4.69, 9.17) is 11.6 Å². The lowest BCUT2D eigenvalue weighted by molar-refractivity contribution is 0.748. The highest BCUT2D eigenvalue weighted by Gasteiger charge is 2.14. The zero-order chi connectivity index (χ0) is 11.7. The van der Waals surface area contributed by atoms with E-state index in [9.17, 15) is 0 Å². The smallest absolute Gasteiger partial charge is 0.0522 e. The molecule has 17 heavy (non-hydrogen) atoms. The number of rotatable bonds is 1. The van der Waals surface area contributed by atoms with Crippen molar-refractivity contribution in [2.75, 3.05) is 0 Å². The molecule has 1 nitrogen and oxygen atoms in total. The van der Waals surface area contributed by atoms with E-state index < -0.39 is 0 Å². The van der Waals surface area contributed by atoms with E-state index in [1.807, 2.05) is 12.4 Å². The largest absolute Gasteiger partial charge is 0.264 e. The number of halogens is 1. The Kier molecular flexibility index (Phi) is 2.86. The van der Waals surface area contributed by atoms with Gasteiger partial charge in [-0.2, -0.15) is 0 Å². The van der Waals surface area contributed by atoms with Gasteiger partial charge in [0.2, 0.25) is 0 Å². The third kappa shape index (κ3) is 2.07. The number of allylic oxidation sites excluding steroid dienone is 2. The molecule has 2 heteroatoms. The van der Waals surface area contributed by atoms with Crippen molar-refractivity contribution < 1.29 is 0 Å². The third-order valence-electron chi connectivity index (χ3n) is 3.34. The number of benzene rings is 1. The molecule has 0 radical (unpaired) electrons. The van der Waals surface area contributed by atoms with Gasteiger partial charge in [0, 0.05) is 17.8 Å². The second-order valence-corrected chi connectivity index (χ2v) is 5.06. The lowest BCUT2D eigenvalue weighted by Crippen LogP contribution is -2.03. The molecule has 1 aliphatic carbocycles. The Morgan fingerprint density at radius 1 is 1.24 bits per heavy atom. The number of nitrogens with zero attached hydrogens (tertiary/aromatic N) is 1. The average molecular weight is 244 g/mol. The zero-order valence-corrected chi connectivity index (χ0v) is 10.3. The van der Waals surface area contributed by atoms with Crippen LogP contribution in [0, 0.1) is 0 Å². The van der Waals surface area contributed by atoms with E-state index in [2.05, 4.69) is 35.3 Å². The molecule has 0 amide bonds. The second-order valence-electron chi connectivity index (χ2n) is 4.50. The molecule has 1 aromatic heterocycles. The SMILES string of the molecule is ClC1C=C(c2cccc3ccncc23)CCC1. The van der Waals surface area contributed by atoms with E-state index in [0.29, 0.717) is 0 Å². The zero-order valence-electron chi connectivity index (χ0n) is 9.57. The first-order valence-electron chi connectivity index (χ1n) is 6.02. The van der Waals surface area contributed by atoms with Gasteiger partial charge >= 0.3 is 0 Å². The summed E-state index contributed by atoms with van der Waals surface area (Å²) < 4.78 is 0. The van der Waals surface area contributed by atoms with Crippen molar-refractivity contribution in [3.05, 3.63) is 48.3 Å². The molecule has 1 aromatic carbocycles. The first-order chi connectivity index (χ1) is 8.34.